The van der Waals surface area contributed by atoms with Crippen LogP contribution in [0.4, 0.5) is 10.1 Å². The quantitative estimate of drug-likeness (QED) is 0.585. The fourth-order valence-corrected chi connectivity index (χ4v) is 4.03. The molecule has 3 aromatic rings. The molecule has 29 heavy (non-hydrogen) atoms. The van der Waals surface area contributed by atoms with Crippen LogP contribution in [-0.4, -0.2) is 16.8 Å². The average Bonchev–Trinajstić information content (AvgIpc) is 2.69. The number of thiol groups is 1. The molecule has 0 heterocycles. The highest BCUT2D eigenvalue weighted by atomic mass is 32.2. The smallest absolute Gasteiger partial charge is 0.240 e. The molecule has 2 N–H and O–H groups in total. The summed E-state index contributed by atoms with van der Waals surface area (Å²) in [5.74, 6) is -0.848. The zero-order chi connectivity index (χ0) is 21.0. The van der Waals surface area contributed by atoms with Crippen LogP contribution in [0.5, 0.6) is 0 Å². The predicted octanol–water partition coefficient (Wildman–Crippen LogP) is 3.14. The molecule has 0 amide bonds. The van der Waals surface area contributed by atoms with Crippen molar-refractivity contribution in [2.75, 3.05) is 4.31 Å². The Balaban J connectivity index is 1.94. The summed E-state index contributed by atoms with van der Waals surface area (Å²) in [5, 5.41) is 5.10. The Morgan fingerprint density at radius 1 is 0.897 bits per heavy atom. The van der Waals surface area contributed by atoms with Crippen LogP contribution in [0.1, 0.15) is 5.56 Å². The summed E-state index contributed by atoms with van der Waals surface area (Å²) in [6.45, 7) is 0. The minimum absolute atomic E-state index is 0.262. The van der Waals surface area contributed by atoms with Crippen molar-refractivity contribution >= 4 is 32.7 Å². The molecule has 0 aromatic heterocycles. The fourth-order valence-electron chi connectivity index (χ4n) is 2.70. The van der Waals surface area contributed by atoms with Crippen LogP contribution >= 0.6 is 0 Å². The van der Waals surface area contributed by atoms with Gasteiger partial charge in [0.2, 0.25) is 20.9 Å². The van der Waals surface area contributed by atoms with Crippen LogP contribution in [-0.2, 0) is 20.9 Å². The Hall–Kier alpha value is -3.01. The van der Waals surface area contributed by atoms with E-state index in [1.165, 1.54) is 12.3 Å². The van der Waals surface area contributed by atoms with E-state index >= 15 is 0 Å². The number of rotatable bonds is 6. The molecule has 3 aromatic carbocycles. The fraction of sp³-hybridized carbons (Fsp3) is 0. The molecule has 3 rings (SSSR count). The van der Waals surface area contributed by atoms with E-state index in [2.05, 4.69) is 0 Å². The molecule has 9 heteroatoms. The van der Waals surface area contributed by atoms with Gasteiger partial charge in [0, 0.05) is 6.20 Å². The topological polar surface area (TPSA) is 97.5 Å². The SMILES string of the molecule is NS(=O)(=O)c1cc(F)ccc1N(C=Cc1ccc(-c2ccccc2)cc1)[SH](=O)=O. The molecular weight excluding hydrogens is 415 g/mol. The average molecular weight is 432 g/mol. The second-order valence-electron chi connectivity index (χ2n) is 6.04. The van der Waals surface area contributed by atoms with Gasteiger partial charge in [0.1, 0.15) is 10.7 Å². The molecule has 0 saturated carbocycles. The third-order valence-corrected chi connectivity index (χ3v) is 5.72. The molecule has 0 aliphatic carbocycles. The number of sulfonamides is 1. The molecule has 0 fully saturated rings. The normalized spacial score (nSPS) is 11.8. The molecule has 150 valence electrons. The number of benzene rings is 3. The molecule has 0 aliphatic heterocycles. The van der Waals surface area contributed by atoms with Crippen LogP contribution in [0.3, 0.4) is 0 Å². The Bertz CT molecular complexity index is 1220. The van der Waals surface area contributed by atoms with Crippen LogP contribution in [0.25, 0.3) is 17.2 Å². The zero-order valence-electron chi connectivity index (χ0n) is 15.0. The number of hydrogen-bond donors (Lipinski definition) is 2. The standard InChI is InChI=1S/C20H17FN2O4S2/c21-18-10-11-19(20(14-18)29(22,26)27)23(28(24)25)13-12-15-6-8-17(9-7-15)16-4-2-1-3-5-16/h1-14,28H,(H2,22,26,27). The summed E-state index contributed by atoms with van der Waals surface area (Å²) in [6, 6.07) is 19.7. The van der Waals surface area contributed by atoms with Gasteiger partial charge in [-0.15, -0.1) is 0 Å². The van der Waals surface area contributed by atoms with Crippen molar-refractivity contribution in [1.29, 1.82) is 0 Å². The van der Waals surface area contributed by atoms with Crippen molar-refractivity contribution in [2.45, 2.75) is 4.90 Å². The first-order valence-electron chi connectivity index (χ1n) is 8.35. The van der Waals surface area contributed by atoms with Gasteiger partial charge in [-0.05, 0) is 41.0 Å². The van der Waals surface area contributed by atoms with Crippen molar-refractivity contribution in [3.63, 3.8) is 0 Å². The molecule has 0 radical (unpaired) electrons. The van der Waals surface area contributed by atoms with Gasteiger partial charge in [0.15, 0.2) is 0 Å². The van der Waals surface area contributed by atoms with Crippen LogP contribution in [0.15, 0.2) is 83.9 Å². The number of hydrogen-bond acceptors (Lipinski definition) is 4. The summed E-state index contributed by atoms with van der Waals surface area (Å²) in [5.41, 5.74) is 2.45. The summed E-state index contributed by atoms with van der Waals surface area (Å²) >= 11 is 0. The molecule has 6 nitrogen and oxygen atoms in total. The number of nitrogens with zero attached hydrogens (tertiary/aromatic N) is 1. The summed E-state index contributed by atoms with van der Waals surface area (Å²) in [4.78, 5) is -0.624. The second kappa shape index (κ2) is 8.56. The summed E-state index contributed by atoms with van der Waals surface area (Å²) < 4.78 is 61.1. The van der Waals surface area contributed by atoms with E-state index in [1.807, 2.05) is 42.5 Å². The Morgan fingerprint density at radius 2 is 1.52 bits per heavy atom. The van der Waals surface area contributed by atoms with E-state index in [-0.39, 0.29) is 5.69 Å². The van der Waals surface area contributed by atoms with Gasteiger partial charge in [-0.1, -0.05) is 54.6 Å². The predicted molar refractivity (Wildman–Crippen MR) is 111 cm³/mol. The van der Waals surface area contributed by atoms with E-state index in [9.17, 15) is 21.2 Å². The van der Waals surface area contributed by atoms with Gasteiger partial charge in [0.05, 0.1) is 5.69 Å². The molecule has 0 atom stereocenters. The minimum atomic E-state index is -4.34. The first kappa shape index (κ1) is 20.7. The second-order valence-corrected chi connectivity index (χ2v) is 8.48. The van der Waals surface area contributed by atoms with Gasteiger partial charge < -0.3 is 0 Å². The third kappa shape index (κ3) is 5.08. The maximum absolute atomic E-state index is 13.5. The highest BCUT2D eigenvalue weighted by Gasteiger charge is 2.20. The number of primary sulfonamides is 1. The van der Waals surface area contributed by atoms with Gasteiger partial charge in [-0.25, -0.2) is 30.7 Å². The van der Waals surface area contributed by atoms with E-state index < -0.39 is 31.6 Å². The molecule has 0 aliphatic rings. The van der Waals surface area contributed by atoms with Crippen LogP contribution in [0.2, 0.25) is 0 Å². The number of anilines is 1. The Labute approximate surface area is 169 Å². The number of halogens is 1. The van der Waals surface area contributed by atoms with Crippen molar-refractivity contribution < 1.29 is 21.2 Å². The lowest BCUT2D eigenvalue weighted by molar-refractivity contribution is 0.592. The summed E-state index contributed by atoms with van der Waals surface area (Å²) in [7, 11) is -7.58. The maximum atomic E-state index is 13.5. The van der Waals surface area contributed by atoms with E-state index in [0.717, 1.165) is 23.3 Å². The first-order chi connectivity index (χ1) is 13.8. The van der Waals surface area contributed by atoms with E-state index in [4.69, 9.17) is 5.14 Å². The monoisotopic (exact) mass is 432 g/mol. The maximum Gasteiger partial charge on any atom is 0.240 e. The Kier molecular flexibility index (Phi) is 6.12. The van der Waals surface area contributed by atoms with Crippen molar-refractivity contribution in [3.05, 3.63) is 90.4 Å². The van der Waals surface area contributed by atoms with Gasteiger partial charge in [-0.2, -0.15) is 0 Å². The van der Waals surface area contributed by atoms with E-state index in [0.29, 0.717) is 15.9 Å². The van der Waals surface area contributed by atoms with Crippen LogP contribution in [0, 0.1) is 5.82 Å². The zero-order valence-corrected chi connectivity index (χ0v) is 16.7. The first-order valence-corrected chi connectivity index (χ1v) is 11.0. The lowest BCUT2D eigenvalue weighted by Gasteiger charge is -2.16. The van der Waals surface area contributed by atoms with Gasteiger partial charge in [-0.3, -0.25) is 0 Å². The molecule has 0 saturated heterocycles. The lowest BCUT2D eigenvalue weighted by Crippen LogP contribution is -2.20. The third-order valence-electron chi connectivity index (χ3n) is 4.08. The molecule has 0 bridgehead atoms. The minimum Gasteiger partial charge on any atom is -0.246 e. The van der Waals surface area contributed by atoms with E-state index in [1.54, 1.807) is 12.1 Å². The largest absolute Gasteiger partial charge is 0.246 e. The van der Waals surface area contributed by atoms with Crippen molar-refractivity contribution in [1.82, 2.24) is 0 Å². The van der Waals surface area contributed by atoms with Gasteiger partial charge in [0.25, 0.3) is 0 Å². The number of nitrogens with two attached hydrogens (primary N) is 1. The van der Waals surface area contributed by atoms with Gasteiger partial charge >= 0.3 is 0 Å². The highest BCUT2D eigenvalue weighted by molar-refractivity contribution is 7.89. The Morgan fingerprint density at radius 3 is 2.10 bits per heavy atom. The van der Waals surface area contributed by atoms with Crippen molar-refractivity contribution in [3.8, 4) is 11.1 Å². The van der Waals surface area contributed by atoms with Crippen LogP contribution < -0.4 is 9.44 Å². The molecular formula is C20H17FN2O4S2. The summed E-state index contributed by atoms with van der Waals surface area (Å²) in [6.07, 6.45) is 2.68. The molecule has 0 unspecified atom stereocenters. The lowest BCUT2D eigenvalue weighted by atomic mass is 10.0. The highest BCUT2D eigenvalue weighted by Crippen LogP contribution is 2.26. The molecule has 0 spiro atoms. The van der Waals surface area contributed by atoms with Crippen molar-refractivity contribution in [2.24, 2.45) is 5.14 Å².